The van der Waals surface area contributed by atoms with Crippen molar-refractivity contribution in [3.63, 3.8) is 0 Å². The van der Waals surface area contributed by atoms with Gasteiger partial charge in [0.05, 0.1) is 11.6 Å². The van der Waals surface area contributed by atoms with Gasteiger partial charge < -0.3 is 5.32 Å². The number of halogens is 2. The van der Waals surface area contributed by atoms with Crippen LogP contribution in [0.3, 0.4) is 0 Å². The largest absolute Gasteiger partial charge is 0.388 e. The molecule has 2 nitrogen and oxygen atoms in total. The fourth-order valence-corrected chi connectivity index (χ4v) is 1.16. The summed E-state index contributed by atoms with van der Waals surface area (Å²) in [6, 6.07) is 6.01. The summed E-state index contributed by atoms with van der Waals surface area (Å²) in [5.41, 5.74) is 0.337. The lowest BCUT2D eigenvalue weighted by atomic mass is 10.0. The van der Waals surface area contributed by atoms with Crippen molar-refractivity contribution in [2.24, 2.45) is 0 Å². The molecule has 0 bridgehead atoms. The number of rotatable bonds is 2. The van der Waals surface area contributed by atoms with Crippen molar-refractivity contribution in [1.82, 2.24) is 0 Å². The summed E-state index contributed by atoms with van der Waals surface area (Å²) < 4.78 is 26.1. The Balaban J connectivity index is 3.31. The van der Waals surface area contributed by atoms with E-state index in [0.717, 1.165) is 6.92 Å². The van der Waals surface area contributed by atoms with Gasteiger partial charge in [-0.15, -0.1) is 0 Å². The van der Waals surface area contributed by atoms with Crippen LogP contribution in [-0.2, 0) is 5.92 Å². The van der Waals surface area contributed by atoms with Gasteiger partial charge in [-0.2, -0.15) is 5.26 Å². The first kappa shape index (κ1) is 10.5. The molecule has 1 aromatic rings. The van der Waals surface area contributed by atoms with Gasteiger partial charge in [0, 0.05) is 25.2 Å². The Labute approximate surface area is 81.2 Å². The number of hydrogen-bond donors (Lipinski definition) is 1. The van der Waals surface area contributed by atoms with Gasteiger partial charge in [0.1, 0.15) is 0 Å². The molecule has 14 heavy (non-hydrogen) atoms. The van der Waals surface area contributed by atoms with Crippen LogP contribution in [0.25, 0.3) is 0 Å². The first-order valence-electron chi connectivity index (χ1n) is 4.09. The maximum absolute atomic E-state index is 13.0. The first-order chi connectivity index (χ1) is 6.49. The van der Waals surface area contributed by atoms with Gasteiger partial charge in [-0.1, -0.05) is 0 Å². The second-order valence-corrected chi connectivity index (χ2v) is 3.01. The van der Waals surface area contributed by atoms with Crippen LogP contribution in [0.15, 0.2) is 18.2 Å². The van der Waals surface area contributed by atoms with E-state index in [1.807, 2.05) is 0 Å². The summed E-state index contributed by atoms with van der Waals surface area (Å²) >= 11 is 0. The molecule has 0 aliphatic rings. The van der Waals surface area contributed by atoms with Crippen LogP contribution in [0.1, 0.15) is 18.1 Å². The molecule has 0 aliphatic heterocycles. The molecule has 0 saturated carbocycles. The van der Waals surface area contributed by atoms with Crippen LogP contribution in [0.2, 0.25) is 0 Å². The van der Waals surface area contributed by atoms with Crippen molar-refractivity contribution in [3.8, 4) is 6.07 Å². The van der Waals surface area contributed by atoms with Gasteiger partial charge in [-0.05, 0) is 18.2 Å². The average molecular weight is 196 g/mol. The topological polar surface area (TPSA) is 35.8 Å². The molecule has 1 N–H and O–H groups in total. The standard InChI is InChI=1S/C10H10F2N2/c1-10(11,12)9-5-8(14-2)4-3-7(9)6-13/h3-5,14H,1-2H3. The van der Waals surface area contributed by atoms with E-state index < -0.39 is 5.92 Å². The lowest BCUT2D eigenvalue weighted by molar-refractivity contribution is 0.0172. The molecule has 0 heterocycles. The molecule has 0 unspecified atom stereocenters. The molecule has 0 fully saturated rings. The highest BCUT2D eigenvalue weighted by molar-refractivity contribution is 5.52. The zero-order chi connectivity index (χ0) is 10.8. The van der Waals surface area contributed by atoms with Crippen molar-refractivity contribution in [2.75, 3.05) is 12.4 Å². The molecular weight excluding hydrogens is 186 g/mol. The van der Waals surface area contributed by atoms with Gasteiger partial charge in [0.25, 0.3) is 5.92 Å². The monoisotopic (exact) mass is 196 g/mol. The minimum Gasteiger partial charge on any atom is -0.388 e. The van der Waals surface area contributed by atoms with E-state index in [1.54, 1.807) is 19.2 Å². The van der Waals surface area contributed by atoms with Crippen molar-refractivity contribution in [2.45, 2.75) is 12.8 Å². The van der Waals surface area contributed by atoms with Crippen LogP contribution in [-0.4, -0.2) is 7.05 Å². The van der Waals surface area contributed by atoms with E-state index in [-0.39, 0.29) is 11.1 Å². The van der Waals surface area contributed by atoms with Crippen LogP contribution in [0.4, 0.5) is 14.5 Å². The number of hydrogen-bond acceptors (Lipinski definition) is 2. The Bertz CT molecular complexity index is 375. The van der Waals surface area contributed by atoms with E-state index >= 15 is 0 Å². The predicted octanol–water partition coefficient (Wildman–Crippen LogP) is 2.71. The molecule has 0 radical (unpaired) electrons. The zero-order valence-electron chi connectivity index (χ0n) is 7.94. The van der Waals surface area contributed by atoms with Crippen LogP contribution >= 0.6 is 0 Å². The Morgan fingerprint density at radius 3 is 2.50 bits per heavy atom. The summed E-state index contributed by atoms with van der Waals surface area (Å²) in [4.78, 5) is 0. The number of nitrogens with one attached hydrogen (secondary N) is 1. The maximum atomic E-state index is 13.0. The van der Waals surface area contributed by atoms with E-state index in [1.165, 1.54) is 12.1 Å². The summed E-state index contributed by atoms with van der Waals surface area (Å²) in [7, 11) is 1.64. The third-order valence-electron chi connectivity index (χ3n) is 1.90. The first-order valence-corrected chi connectivity index (χ1v) is 4.09. The second kappa shape index (κ2) is 3.62. The highest BCUT2D eigenvalue weighted by Crippen LogP contribution is 2.31. The summed E-state index contributed by atoms with van der Waals surface area (Å²) in [5, 5.41) is 11.4. The molecular formula is C10H10F2N2. The minimum atomic E-state index is -2.99. The number of benzene rings is 1. The molecule has 1 aromatic carbocycles. The van der Waals surface area contributed by atoms with Crippen LogP contribution < -0.4 is 5.32 Å². The van der Waals surface area contributed by atoms with Gasteiger partial charge in [-0.25, -0.2) is 8.78 Å². The van der Waals surface area contributed by atoms with E-state index in [4.69, 9.17) is 5.26 Å². The van der Waals surface area contributed by atoms with Gasteiger partial charge in [0.2, 0.25) is 0 Å². The summed E-state index contributed by atoms with van der Waals surface area (Å²) in [6.07, 6.45) is 0. The lowest BCUT2D eigenvalue weighted by Crippen LogP contribution is -2.10. The number of anilines is 1. The van der Waals surface area contributed by atoms with E-state index in [0.29, 0.717) is 5.69 Å². The Morgan fingerprint density at radius 1 is 1.43 bits per heavy atom. The second-order valence-electron chi connectivity index (χ2n) is 3.01. The lowest BCUT2D eigenvalue weighted by Gasteiger charge is -2.13. The van der Waals surface area contributed by atoms with Crippen molar-refractivity contribution in [1.29, 1.82) is 5.26 Å². The predicted molar refractivity (Wildman–Crippen MR) is 50.3 cm³/mol. The Kier molecular flexibility index (Phi) is 2.70. The number of alkyl halides is 2. The molecule has 74 valence electrons. The van der Waals surface area contributed by atoms with E-state index in [9.17, 15) is 8.78 Å². The third kappa shape index (κ3) is 1.99. The van der Waals surface area contributed by atoms with E-state index in [2.05, 4.69) is 5.32 Å². The smallest absolute Gasteiger partial charge is 0.271 e. The quantitative estimate of drug-likeness (QED) is 0.789. The van der Waals surface area contributed by atoms with Crippen LogP contribution in [0, 0.1) is 11.3 Å². The van der Waals surface area contributed by atoms with Gasteiger partial charge >= 0.3 is 0 Å². The summed E-state index contributed by atoms with van der Waals surface area (Å²) in [5.74, 6) is -2.99. The minimum absolute atomic E-state index is 0.0106. The average Bonchev–Trinajstić information content (AvgIpc) is 2.15. The molecule has 0 atom stereocenters. The molecule has 0 aromatic heterocycles. The fourth-order valence-electron chi connectivity index (χ4n) is 1.16. The van der Waals surface area contributed by atoms with Gasteiger partial charge in [0.15, 0.2) is 0 Å². The Morgan fingerprint density at radius 2 is 2.07 bits per heavy atom. The molecule has 0 amide bonds. The van der Waals surface area contributed by atoms with Gasteiger partial charge in [-0.3, -0.25) is 0 Å². The third-order valence-corrected chi connectivity index (χ3v) is 1.90. The van der Waals surface area contributed by atoms with Crippen molar-refractivity contribution >= 4 is 5.69 Å². The highest BCUT2D eigenvalue weighted by Gasteiger charge is 2.27. The molecule has 0 spiro atoms. The van der Waals surface area contributed by atoms with Crippen LogP contribution in [0.5, 0.6) is 0 Å². The fraction of sp³-hybridized carbons (Fsp3) is 0.300. The number of nitriles is 1. The highest BCUT2D eigenvalue weighted by atomic mass is 19.3. The summed E-state index contributed by atoms with van der Waals surface area (Å²) in [6.45, 7) is 0.780. The number of nitrogens with zero attached hydrogens (tertiary/aromatic N) is 1. The Hall–Kier alpha value is -1.63. The van der Waals surface area contributed by atoms with Crippen molar-refractivity contribution in [3.05, 3.63) is 29.3 Å². The maximum Gasteiger partial charge on any atom is 0.271 e. The SMILES string of the molecule is CNc1ccc(C#N)c(C(C)(F)F)c1. The normalized spacial score (nSPS) is 10.8. The molecule has 0 saturated heterocycles. The molecule has 4 heteroatoms. The molecule has 0 aliphatic carbocycles. The van der Waals surface area contributed by atoms with Crippen molar-refractivity contribution < 1.29 is 8.78 Å². The molecule has 1 rings (SSSR count). The zero-order valence-corrected chi connectivity index (χ0v) is 7.94.